The van der Waals surface area contributed by atoms with Crippen LogP contribution >= 0.6 is 32.7 Å². The largest absolute Gasteiger partial charge is 0.179 e. The van der Waals surface area contributed by atoms with Gasteiger partial charge in [0, 0.05) is 0 Å². The van der Waals surface area contributed by atoms with Crippen LogP contribution in [-0.2, 0) is 0 Å². The molecular formula is C2H7PS2. The highest BCUT2D eigenvalue weighted by atomic mass is 32.7. The Morgan fingerprint density at radius 1 is 1.60 bits per heavy atom. The number of thiol groups is 2. The molecule has 0 fully saturated rings. The van der Waals surface area contributed by atoms with Gasteiger partial charge < -0.3 is 0 Å². The summed E-state index contributed by atoms with van der Waals surface area (Å²) in [7, 11) is 0.776. The molecule has 0 aliphatic heterocycles. The first-order valence-corrected chi connectivity index (χ1v) is 4.52. The molecule has 1 atom stereocenters. The zero-order valence-electron chi connectivity index (χ0n) is 2.81. The fraction of sp³-hybridized carbons (Fsp3) is 1.00. The Labute approximate surface area is 45.1 Å². The lowest BCUT2D eigenvalue weighted by Gasteiger charge is -1.78. The second-order valence-corrected chi connectivity index (χ2v) is 2.84. The zero-order valence-corrected chi connectivity index (χ0v) is 5.60. The van der Waals surface area contributed by atoms with Gasteiger partial charge in [0.1, 0.15) is 0 Å². The van der Waals surface area contributed by atoms with Crippen molar-refractivity contribution in [1.82, 2.24) is 0 Å². The second kappa shape index (κ2) is 5.13. The van der Waals surface area contributed by atoms with Gasteiger partial charge >= 0.3 is 0 Å². The molecule has 0 heterocycles. The van der Waals surface area contributed by atoms with E-state index in [0.717, 1.165) is 19.7 Å². The molecule has 0 N–H and O–H groups in total. The molecule has 32 valence electrons. The summed E-state index contributed by atoms with van der Waals surface area (Å²) >= 11 is 7.94. The van der Waals surface area contributed by atoms with Crippen LogP contribution < -0.4 is 0 Å². The van der Waals surface area contributed by atoms with Crippen molar-refractivity contribution in [2.45, 2.75) is 0 Å². The summed E-state index contributed by atoms with van der Waals surface area (Å²) in [4.78, 5) is 0. The van der Waals surface area contributed by atoms with Gasteiger partial charge in [0.15, 0.2) is 0 Å². The summed E-state index contributed by atoms with van der Waals surface area (Å²) in [5, 5.41) is 0. The predicted molar refractivity (Wildman–Crippen MR) is 36.0 cm³/mol. The van der Waals surface area contributed by atoms with Crippen LogP contribution in [0.5, 0.6) is 0 Å². The maximum Gasteiger partial charge on any atom is -0.00534 e. The highest BCUT2D eigenvalue weighted by Gasteiger charge is 1.68. The molecule has 0 spiro atoms. The van der Waals surface area contributed by atoms with Crippen molar-refractivity contribution in [3.8, 4) is 0 Å². The second-order valence-electron chi connectivity index (χ2n) is 0.632. The number of hydrogen-bond acceptors (Lipinski definition) is 2. The molecule has 0 aliphatic rings. The molecule has 0 aromatic heterocycles. The summed E-state index contributed by atoms with van der Waals surface area (Å²) in [5.74, 6) is 0.974. The van der Waals surface area contributed by atoms with Gasteiger partial charge in [-0.1, -0.05) is 7.78 Å². The van der Waals surface area contributed by atoms with E-state index in [4.69, 9.17) is 0 Å². The normalized spacial score (nSPS) is 10.8. The molecule has 3 heteroatoms. The van der Waals surface area contributed by atoms with Crippen LogP contribution in [0, 0.1) is 0 Å². The molecule has 0 nitrogen and oxygen atoms in total. The molecular weight excluding hydrogens is 119 g/mol. The molecule has 0 aromatic rings. The lowest BCUT2D eigenvalue weighted by molar-refractivity contribution is 1.57. The fourth-order valence-corrected chi connectivity index (χ4v) is 1.35. The fourth-order valence-electron chi connectivity index (χ4n) is 0.0500. The Morgan fingerprint density at radius 2 is 2.20 bits per heavy atom. The van der Waals surface area contributed by atoms with Crippen molar-refractivity contribution in [2.24, 2.45) is 0 Å². The van der Waals surface area contributed by atoms with Gasteiger partial charge in [0.05, 0.1) is 0 Å². The van der Waals surface area contributed by atoms with E-state index in [1.54, 1.807) is 0 Å². The first-order valence-electron chi connectivity index (χ1n) is 1.39. The van der Waals surface area contributed by atoms with Crippen molar-refractivity contribution in [3.63, 3.8) is 0 Å². The standard InChI is InChI=1S/C2H7PS2/c4-2-1-3-5/h3-5H,1-2H2. The molecule has 0 aromatic carbocycles. The van der Waals surface area contributed by atoms with E-state index >= 15 is 0 Å². The average molecular weight is 126 g/mol. The number of rotatable bonds is 2. The van der Waals surface area contributed by atoms with Crippen LogP contribution in [0.1, 0.15) is 0 Å². The van der Waals surface area contributed by atoms with Gasteiger partial charge in [0.2, 0.25) is 0 Å². The van der Waals surface area contributed by atoms with Crippen LogP contribution in [-0.4, -0.2) is 11.9 Å². The van der Waals surface area contributed by atoms with Crippen molar-refractivity contribution >= 4 is 32.7 Å². The third-order valence-electron chi connectivity index (χ3n) is 0.224. The van der Waals surface area contributed by atoms with Crippen LogP contribution in [0.2, 0.25) is 0 Å². The molecule has 0 amide bonds. The summed E-state index contributed by atoms with van der Waals surface area (Å²) < 4.78 is 0. The van der Waals surface area contributed by atoms with Crippen LogP contribution in [0.4, 0.5) is 0 Å². The third kappa shape index (κ3) is 5.13. The lowest BCUT2D eigenvalue weighted by Crippen LogP contribution is -1.66. The van der Waals surface area contributed by atoms with E-state index in [0.29, 0.717) is 0 Å². The molecule has 0 radical (unpaired) electrons. The minimum atomic E-state index is 0.776. The van der Waals surface area contributed by atoms with Gasteiger partial charge in [-0.15, -0.1) is 0 Å². The summed E-state index contributed by atoms with van der Waals surface area (Å²) in [6, 6.07) is 0. The van der Waals surface area contributed by atoms with Crippen LogP contribution in [0.25, 0.3) is 0 Å². The van der Waals surface area contributed by atoms with E-state index < -0.39 is 0 Å². The molecule has 0 bridgehead atoms. The molecule has 0 saturated heterocycles. The van der Waals surface area contributed by atoms with Gasteiger partial charge in [-0.3, -0.25) is 0 Å². The first kappa shape index (κ1) is 6.13. The Kier molecular flexibility index (Phi) is 6.29. The molecule has 0 rings (SSSR count). The monoisotopic (exact) mass is 126 g/mol. The van der Waals surface area contributed by atoms with E-state index in [9.17, 15) is 0 Å². The van der Waals surface area contributed by atoms with Crippen molar-refractivity contribution in [1.29, 1.82) is 0 Å². The Balaban J connectivity index is 2.19. The van der Waals surface area contributed by atoms with Crippen LogP contribution in [0.15, 0.2) is 0 Å². The lowest BCUT2D eigenvalue weighted by atomic mass is 11.0. The Hall–Kier alpha value is 1.13. The quantitative estimate of drug-likeness (QED) is 0.406. The van der Waals surface area contributed by atoms with E-state index in [2.05, 4.69) is 24.9 Å². The highest BCUT2D eigenvalue weighted by molar-refractivity contribution is 8.38. The topological polar surface area (TPSA) is 0 Å². The van der Waals surface area contributed by atoms with Crippen molar-refractivity contribution in [2.75, 3.05) is 11.9 Å². The maximum atomic E-state index is 3.98. The molecule has 0 aliphatic carbocycles. The predicted octanol–water partition coefficient (Wildman–Crippen LogP) is 1.44. The SMILES string of the molecule is SCCPS. The summed E-state index contributed by atoms with van der Waals surface area (Å²) in [6.45, 7) is 0. The van der Waals surface area contributed by atoms with E-state index in [1.165, 1.54) is 0 Å². The van der Waals surface area contributed by atoms with Crippen molar-refractivity contribution < 1.29 is 0 Å². The summed E-state index contributed by atoms with van der Waals surface area (Å²) in [6.07, 6.45) is 1.15. The minimum absolute atomic E-state index is 0.776. The third-order valence-corrected chi connectivity index (χ3v) is 2.01. The zero-order chi connectivity index (χ0) is 4.12. The van der Waals surface area contributed by atoms with Crippen molar-refractivity contribution in [3.05, 3.63) is 0 Å². The van der Waals surface area contributed by atoms with E-state index in [-0.39, 0.29) is 0 Å². The summed E-state index contributed by atoms with van der Waals surface area (Å²) in [5.41, 5.74) is 0. The van der Waals surface area contributed by atoms with E-state index in [1.807, 2.05) is 0 Å². The van der Waals surface area contributed by atoms with Gasteiger partial charge in [0.25, 0.3) is 0 Å². The highest BCUT2D eigenvalue weighted by Crippen LogP contribution is 2.12. The van der Waals surface area contributed by atoms with Gasteiger partial charge in [-0.25, -0.2) is 0 Å². The molecule has 1 unspecified atom stereocenters. The maximum absolute atomic E-state index is 3.98. The average Bonchev–Trinajstić information content (AvgIpc) is 1.41. The first-order chi connectivity index (χ1) is 2.41. The van der Waals surface area contributed by atoms with Gasteiger partial charge in [-0.05, 0) is 11.9 Å². The van der Waals surface area contributed by atoms with Gasteiger partial charge in [-0.2, -0.15) is 24.9 Å². The Bertz CT molecular complexity index is 15.1. The minimum Gasteiger partial charge on any atom is -0.179 e. The Morgan fingerprint density at radius 3 is 2.20 bits per heavy atom. The number of hydrogen-bond donors (Lipinski definition) is 2. The molecule has 5 heavy (non-hydrogen) atoms. The van der Waals surface area contributed by atoms with Crippen LogP contribution in [0.3, 0.4) is 0 Å². The smallest absolute Gasteiger partial charge is 0.00534 e. The molecule has 0 saturated carbocycles.